The molecule has 0 aromatic rings. The van der Waals surface area contributed by atoms with E-state index in [-0.39, 0.29) is 55.9 Å². The van der Waals surface area contributed by atoms with Crippen molar-refractivity contribution in [3.8, 4) is 0 Å². The summed E-state index contributed by atoms with van der Waals surface area (Å²) < 4.78 is 0. The van der Waals surface area contributed by atoms with Crippen LogP contribution in [-0.4, -0.2) is 102 Å². The Kier molecular flexibility index (Phi) is 19.8. The van der Waals surface area contributed by atoms with Crippen molar-refractivity contribution in [1.82, 2.24) is 26.6 Å². The summed E-state index contributed by atoms with van der Waals surface area (Å²) in [4.78, 5) is 80.1. The first-order valence-corrected chi connectivity index (χ1v) is 15.6. The summed E-state index contributed by atoms with van der Waals surface area (Å²) >= 11 is 0. The molecule has 264 valence electrons. The Morgan fingerprint density at radius 2 is 1.30 bits per heavy atom. The minimum absolute atomic E-state index is 0.0123. The van der Waals surface area contributed by atoms with E-state index in [1.54, 1.807) is 6.92 Å². The number of hydrogen-bond donors (Lipinski definition) is 10. The van der Waals surface area contributed by atoms with Crippen molar-refractivity contribution in [3.05, 3.63) is 0 Å². The first kappa shape index (κ1) is 42.0. The molecule has 0 aliphatic carbocycles. The molecular weight excluding hydrogens is 602 g/mol. The van der Waals surface area contributed by atoms with Gasteiger partial charge in [0.1, 0.15) is 30.2 Å². The molecule has 0 heterocycles. The van der Waals surface area contributed by atoms with Crippen molar-refractivity contribution in [3.63, 3.8) is 0 Å². The number of carbonyl (C=O) groups excluding carboxylic acids is 5. The van der Waals surface area contributed by atoms with Crippen LogP contribution in [0.5, 0.6) is 0 Å². The fourth-order valence-corrected chi connectivity index (χ4v) is 4.28. The number of nitrogens with zero attached hydrogens (tertiary/aromatic N) is 1. The van der Waals surface area contributed by atoms with Crippen LogP contribution in [0.4, 0.5) is 0 Å². The van der Waals surface area contributed by atoms with E-state index >= 15 is 0 Å². The van der Waals surface area contributed by atoms with Crippen LogP contribution in [-0.2, 0) is 28.8 Å². The number of carbonyl (C=O) groups is 6. The van der Waals surface area contributed by atoms with Crippen molar-refractivity contribution >= 4 is 41.5 Å². The van der Waals surface area contributed by atoms with Gasteiger partial charge in [0, 0.05) is 6.54 Å². The van der Waals surface area contributed by atoms with Crippen molar-refractivity contribution in [2.75, 3.05) is 19.7 Å². The molecule has 0 aliphatic rings. The second kappa shape index (κ2) is 21.7. The monoisotopic (exact) mass is 657 g/mol. The van der Waals surface area contributed by atoms with Gasteiger partial charge in [-0.2, -0.15) is 0 Å². The van der Waals surface area contributed by atoms with E-state index < -0.39 is 78.9 Å². The summed E-state index contributed by atoms with van der Waals surface area (Å²) in [6, 6.07) is -5.65. The number of carboxylic acid groups (broad SMARTS) is 1. The Morgan fingerprint density at radius 1 is 0.761 bits per heavy atom. The van der Waals surface area contributed by atoms with Crippen LogP contribution >= 0.6 is 0 Å². The predicted molar refractivity (Wildman–Crippen MR) is 172 cm³/mol. The fraction of sp³-hybridized carbons (Fsp3) is 0.759. The zero-order valence-corrected chi connectivity index (χ0v) is 27.8. The van der Waals surface area contributed by atoms with E-state index in [1.807, 2.05) is 34.6 Å². The summed E-state index contributed by atoms with van der Waals surface area (Å²) in [5.41, 5.74) is 16.3. The average molecular weight is 658 g/mol. The number of aliphatic carboxylic acids is 1. The van der Waals surface area contributed by atoms with E-state index in [1.165, 1.54) is 0 Å². The van der Waals surface area contributed by atoms with Gasteiger partial charge in [-0.25, -0.2) is 4.79 Å². The Labute approximate surface area is 270 Å². The highest BCUT2D eigenvalue weighted by atomic mass is 16.4. The molecule has 0 radical (unpaired) electrons. The molecule has 0 saturated heterocycles. The van der Waals surface area contributed by atoms with Crippen LogP contribution in [0, 0.1) is 17.8 Å². The number of rotatable bonds is 22. The van der Waals surface area contributed by atoms with Crippen LogP contribution in [0.25, 0.3) is 0 Å². The Balaban J connectivity index is 5.66. The average Bonchev–Trinajstić information content (AvgIpc) is 2.97. The zero-order valence-electron chi connectivity index (χ0n) is 27.8. The van der Waals surface area contributed by atoms with Crippen molar-refractivity contribution < 1.29 is 39.0 Å². The van der Waals surface area contributed by atoms with Crippen LogP contribution in [0.1, 0.15) is 73.6 Å². The molecule has 6 atom stereocenters. The fourth-order valence-electron chi connectivity index (χ4n) is 4.28. The van der Waals surface area contributed by atoms with Gasteiger partial charge < -0.3 is 54.0 Å². The van der Waals surface area contributed by atoms with Crippen LogP contribution in [0.2, 0.25) is 0 Å². The lowest BCUT2D eigenvalue weighted by molar-refractivity contribution is -0.142. The summed E-state index contributed by atoms with van der Waals surface area (Å²) in [5, 5.41) is 31.3. The lowest BCUT2D eigenvalue weighted by Crippen LogP contribution is -2.58. The van der Waals surface area contributed by atoms with Gasteiger partial charge in [0.05, 0.1) is 13.2 Å². The molecule has 0 aromatic carbocycles. The van der Waals surface area contributed by atoms with E-state index in [4.69, 9.17) is 17.2 Å². The molecule has 5 amide bonds. The third-order valence-corrected chi connectivity index (χ3v) is 7.01. The first-order valence-electron chi connectivity index (χ1n) is 15.6. The number of nitrogens with one attached hydrogen (secondary N) is 5. The second-order valence-corrected chi connectivity index (χ2v) is 12.2. The lowest BCUT2D eigenvalue weighted by Gasteiger charge is -2.27. The van der Waals surface area contributed by atoms with Crippen molar-refractivity contribution in [2.24, 2.45) is 39.9 Å². The summed E-state index contributed by atoms with van der Waals surface area (Å²) in [5.74, 6) is -5.26. The molecular formula is C29H55N9O8. The second-order valence-electron chi connectivity index (χ2n) is 12.2. The highest BCUT2D eigenvalue weighted by molar-refractivity contribution is 5.95. The van der Waals surface area contributed by atoms with E-state index in [9.17, 15) is 39.0 Å². The van der Waals surface area contributed by atoms with E-state index in [0.29, 0.717) is 6.42 Å². The maximum Gasteiger partial charge on any atom is 0.326 e. The van der Waals surface area contributed by atoms with Gasteiger partial charge in [0.25, 0.3) is 0 Å². The number of aliphatic hydroxyl groups excluding tert-OH is 1. The third-order valence-electron chi connectivity index (χ3n) is 7.01. The number of guanidine groups is 1. The molecule has 0 saturated carbocycles. The quantitative estimate of drug-likeness (QED) is 0.0334. The molecule has 0 spiro atoms. The number of hydrogen-bond acceptors (Lipinski definition) is 9. The van der Waals surface area contributed by atoms with Gasteiger partial charge in [-0.1, -0.05) is 48.0 Å². The molecule has 0 rings (SSSR count). The van der Waals surface area contributed by atoms with Crippen LogP contribution in [0.3, 0.4) is 0 Å². The Bertz CT molecular complexity index is 1050. The summed E-state index contributed by atoms with van der Waals surface area (Å²) in [6.45, 7) is 9.84. The molecule has 17 nitrogen and oxygen atoms in total. The predicted octanol–water partition coefficient (Wildman–Crippen LogP) is -2.36. The van der Waals surface area contributed by atoms with E-state index in [0.717, 1.165) is 0 Å². The number of aliphatic imine (C=N–C) groups is 1. The standard InChI is InChI=1S/C29H55N9O8/c1-7-17(6)23(38-26(43)20(11-15(2)3)36-24(41)18(30)14-39)27(44)34-13-22(40)35-19(9-8-10-33-29(31)32)25(42)37-21(28(45)46)12-16(4)5/h15-21,23,39H,7-14,30H2,1-6H3,(H,34,44)(H,35,40)(H,36,41)(H,37,42)(H,38,43)(H,45,46)(H4,31,32,33). The highest BCUT2D eigenvalue weighted by Gasteiger charge is 2.32. The molecule has 0 aromatic heterocycles. The smallest absolute Gasteiger partial charge is 0.326 e. The van der Waals surface area contributed by atoms with Gasteiger partial charge in [-0.3, -0.25) is 29.0 Å². The minimum Gasteiger partial charge on any atom is -0.480 e. The first-order chi connectivity index (χ1) is 21.4. The Morgan fingerprint density at radius 3 is 1.80 bits per heavy atom. The van der Waals surface area contributed by atoms with Crippen LogP contribution in [0.15, 0.2) is 4.99 Å². The normalized spacial score (nSPS) is 15.0. The summed E-state index contributed by atoms with van der Waals surface area (Å²) in [6.07, 6.45) is 1.25. The summed E-state index contributed by atoms with van der Waals surface area (Å²) in [7, 11) is 0. The third kappa shape index (κ3) is 16.9. The largest absolute Gasteiger partial charge is 0.480 e. The molecule has 6 unspecified atom stereocenters. The van der Waals surface area contributed by atoms with Gasteiger partial charge in [-0.15, -0.1) is 0 Å². The highest BCUT2D eigenvalue weighted by Crippen LogP contribution is 2.11. The molecule has 0 aliphatic heterocycles. The molecule has 17 heteroatoms. The van der Waals surface area contributed by atoms with E-state index in [2.05, 4.69) is 31.6 Å². The minimum atomic E-state index is -1.22. The number of amides is 5. The van der Waals surface area contributed by atoms with Gasteiger partial charge in [0.15, 0.2) is 5.96 Å². The van der Waals surface area contributed by atoms with Gasteiger partial charge in [0.2, 0.25) is 29.5 Å². The number of carboxylic acids is 1. The SMILES string of the molecule is CCC(C)C(NC(=O)C(CC(C)C)NC(=O)C(N)CO)C(=O)NCC(=O)NC(CCCN=C(N)N)C(=O)NC(CC(C)C)C(=O)O. The molecule has 46 heavy (non-hydrogen) atoms. The molecule has 0 fully saturated rings. The van der Waals surface area contributed by atoms with Crippen molar-refractivity contribution in [2.45, 2.75) is 104 Å². The lowest BCUT2D eigenvalue weighted by atomic mass is 9.96. The number of aliphatic hydroxyl groups is 1. The van der Waals surface area contributed by atoms with Gasteiger partial charge in [-0.05, 0) is 43.4 Å². The maximum absolute atomic E-state index is 13.2. The molecule has 13 N–H and O–H groups in total. The topological polar surface area (TPSA) is 293 Å². The Hall–Kier alpha value is -3.99. The molecule has 0 bridgehead atoms. The van der Waals surface area contributed by atoms with Crippen molar-refractivity contribution in [1.29, 1.82) is 0 Å². The zero-order chi connectivity index (χ0) is 35.6. The van der Waals surface area contributed by atoms with Crippen LogP contribution < -0.4 is 43.8 Å². The maximum atomic E-state index is 13.2. The number of nitrogens with two attached hydrogens (primary N) is 3. The van der Waals surface area contributed by atoms with Gasteiger partial charge >= 0.3 is 5.97 Å².